The van der Waals surface area contributed by atoms with E-state index < -0.39 is 58.0 Å². The number of carbonyl (C=O) groups is 3. The summed E-state index contributed by atoms with van der Waals surface area (Å²) in [7, 11) is -4.63. The fourth-order valence-electron chi connectivity index (χ4n) is 2.84. The second kappa shape index (κ2) is 7.48. The van der Waals surface area contributed by atoms with Gasteiger partial charge in [0, 0.05) is 6.54 Å². The van der Waals surface area contributed by atoms with Crippen molar-refractivity contribution < 1.29 is 36.0 Å². The van der Waals surface area contributed by atoms with Crippen molar-refractivity contribution in [2.45, 2.75) is 65.1 Å². The Balaban J connectivity index is 2.00. The summed E-state index contributed by atoms with van der Waals surface area (Å²) < 4.78 is 39.2. The molecular formula is C16H27N3O8S. The van der Waals surface area contributed by atoms with E-state index in [9.17, 15) is 22.8 Å². The van der Waals surface area contributed by atoms with Gasteiger partial charge in [-0.25, -0.2) is 8.98 Å². The third-order valence-corrected chi connectivity index (χ3v) is 5.09. The second-order valence-electron chi connectivity index (χ2n) is 8.54. The molecular weight excluding hydrogens is 394 g/mol. The Bertz CT molecular complexity index is 758. The number of piperidine rings is 1. The molecule has 0 aliphatic carbocycles. The van der Waals surface area contributed by atoms with Gasteiger partial charge in [-0.05, 0) is 47.5 Å². The van der Waals surface area contributed by atoms with E-state index in [-0.39, 0.29) is 6.54 Å². The number of hydroxylamine groups is 2. The Morgan fingerprint density at radius 1 is 1.18 bits per heavy atom. The fraction of sp³-hybridized carbons (Fsp3) is 0.812. The van der Waals surface area contributed by atoms with Crippen LogP contribution in [0.15, 0.2) is 0 Å². The standard InChI is InChI=1S/C16H27N3O8S/c1-15(2,3)26-13(21)16(4,5)9-25-28(23,24)27-19-10-6-7-11(12(17)20)18(8-10)14(19)22/h10-11H,6-9H2,1-5H3,(H2,17,20)/t10?,11-/m0/s1. The van der Waals surface area contributed by atoms with E-state index >= 15 is 0 Å². The smallest absolute Gasteiger partial charge is 0.421 e. The van der Waals surface area contributed by atoms with Crippen molar-refractivity contribution in [1.29, 1.82) is 0 Å². The largest absolute Gasteiger partial charge is 0.459 e. The number of nitrogens with zero attached hydrogens (tertiary/aromatic N) is 2. The number of rotatable bonds is 7. The van der Waals surface area contributed by atoms with Crippen molar-refractivity contribution in [2.24, 2.45) is 11.1 Å². The summed E-state index contributed by atoms with van der Waals surface area (Å²) in [6.45, 7) is 7.59. The first-order valence-corrected chi connectivity index (χ1v) is 10.2. The van der Waals surface area contributed by atoms with Gasteiger partial charge in [-0.2, -0.15) is 13.5 Å². The number of primary amides is 1. The summed E-state index contributed by atoms with van der Waals surface area (Å²) in [5.74, 6) is -1.30. The summed E-state index contributed by atoms with van der Waals surface area (Å²) >= 11 is 0. The Morgan fingerprint density at radius 3 is 2.32 bits per heavy atom. The van der Waals surface area contributed by atoms with Crippen LogP contribution in [-0.2, 0) is 33.2 Å². The van der Waals surface area contributed by atoms with E-state index in [2.05, 4.69) is 0 Å². The molecule has 0 aromatic carbocycles. The number of esters is 1. The first-order valence-electron chi connectivity index (χ1n) is 8.84. The van der Waals surface area contributed by atoms with E-state index in [4.69, 9.17) is 18.9 Å². The molecule has 2 N–H and O–H groups in total. The number of hydrogen-bond acceptors (Lipinski definition) is 8. The average molecular weight is 421 g/mol. The minimum absolute atomic E-state index is 0.130. The highest BCUT2D eigenvalue weighted by Gasteiger charge is 2.49. The fourth-order valence-corrected chi connectivity index (χ4v) is 3.70. The average Bonchev–Trinajstić information content (AvgIpc) is 2.76. The van der Waals surface area contributed by atoms with Crippen molar-refractivity contribution in [3.8, 4) is 0 Å². The van der Waals surface area contributed by atoms with Gasteiger partial charge >= 0.3 is 22.4 Å². The maximum absolute atomic E-state index is 12.4. The lowest BCUT2D eigenvalue weighted by atomic mass is 9.95. The number of nitrogens with two attached hydrogens (primary N) is 1. The molecule has 2 bridgehead atoms. The van der Waals surface area contributed by atoms with Crippen molar-refractivity contribution in [2.75, 3.05) is 13.2 Å². The molecule has 11 nitrogen and oxygen atoms in total. The number of amides is 3. The van der Waals surface area contributed by atoms with Crippen LogP contribution in [0.2, 0.25) is 0 Å². The molecule has 3 amide bonds. The summed E-state index contributed by atoms with van der Waals surface area (Å²) in [4.78, 5) is 37.2. The van der Waals surface area contributed by atoms with Gasteiger partial charge in [0.2, 0.25) is 5.91 Å². The van der Waals surface area contributed by atoms with E-state index in [0.29, 0.717) is 17.9 Å². The van der Waals surface area contributed by atoms with Crippen molar-refractivity contribution in [3.63, 3.8) is 0 Å². The summed E-state index contributed by atoms with van der Waals surface area (Å²) in [5.41, 5.74) is 3.27. The van der Waals surface area contributed by atoms with E-state index in [1.807, 2.05) is 0 Å². The quantitative estimate of drug-likeness (QED) is 0.578. The van der Waals surface area contributed by atoms with Crippen molar-refractivity contribution in [3.05, 3.63) is 0 Å². The van der Waals surface area contributed by atoms with E-state index in [0.717, 1.165) is 0 Å². The van der Waals surface area contributed by atoms with Gasteiger partial charge in [-0.15, -0.1) is 4.28 Å². The SMILES string of the molecule is CC(C)(C)OC(=O)C(C)(C)COS(=O)(=O)ON1C(=O)N2CC1CC[C@H]2C(N)=O. The first kappa shape index (κ1) is 22.4. The topological polar surface area (TPSA) is 146 Å². The Labute approximate surface area is 164 Å². The van der Waals surface area contributed by atoms with Crippen molar-refractivity contribution in [1.82, 2.24) is 9.96 Å². The highest BCUT2D eigenvalue weighted by Crippen LogP contribution is 2.31. The summed E-state index contributed by atoms with van der Waals surface area (Å²) in [6, 6.07) is -2.11. The molecule has 1 unspecified atom stereocenters. The molecule has 12 heteroatoms. The number of fused-ring (bicyclic) bond motifs is 2. The van der Waals surface area contributed by atoms with E-state index in [1.165, 1.54) is 18.7 Å². The molecule has 160 valence electrons. The molecule has 0 aromatic rings. The lowest BCUT2D eigenvalue weighted by molar-refractivity contribution is -0.167. The lowest BCUT2D eigenvalue weighted by Gasteiger charge is -2.28. The van der Waals surface area contributed by atoms with E-state index in [1.54, 1.807) is 20.8 Å². The second-order valence-corrected chi connectivity index (χ2v) is 9.74. The molecule has 2 fully saturated rings. The zero-order valence-corrected chi connectivity index (χ0v) is 17.4. The highest BCUT2D eigenvalue weighted by molar-refractivity contribution is 7.81. The molecule has 2 rings (SSSR count). The molecule has 0 saturated carbocycles. The number of urea groups is 1. The molecule has 0 aromatic heterocycles. The highest BCUT2D eigenvalue weighted by atomic mass is 32.3. The van der Waals surface area contributed by atoms with Crippen molar-refractivity contribution >= 4 is 28.3 Å². The minimum Gasteiger partial charge on any atom is -0.459 e. The first-order chi connectivity index (χ1) is 12.6. The van der Waals surface area contributed by atoms with Crippen LogP contribution in [-0.4, -0.2) is 67.1 Å². The van der Waals surface area contributed by atoms with Crippen LogP contribution in [0.3, 0.4) is 0 Å². The predicted octanol–water partition coefficient (Wildman–Crippen LogP) is 0.301. The monoisotopic (exact) mass is 421 g/mol. The normalized spacial score (nSPS) is 23.1. The lowest BCUT2D eigenvalue weighted by Crippen LogP contribution is -2.47. The molecule has 2 aliphatic heterocycles. The molecule has 2 heterocycles. The van der Waals surface area contributed by atoms with Gasteiger partial charge in [-0.3, -0.25) is 9.59 Å². The van der Waals surface area contributed by atoms with Crippen LogP contribution in [0.1, 0.15) is 47.5 Å². The maximum atomic E-state index is 12.4. The van der Waals surface area contributed by atoms with Crippen LogP contribution in [0, 0.1) is 5.41 Å². The van der Waals surface area contributed by atoms with Gasteiger partial charge in [-0.1, -0.05) is 0 Å². The molecule has 28 heavy (non-hydrogen) atoms. The molecule has 0 spiro atoms. The molecule has 0 radical (unpaired) electrons. The van der Waals surface area contributed by atoms with Crippen LogP contribution < -0.4 is 5.73 Å². The number of hydrogen-bond donors (Lipinski definition) is 1. The molecule has 2 atom stereocenters. The summed E-state index contributed by atoms with van der Waals surface area (Å²) in [6.07, 6.45) is 0.674. The third-order valence-electron chi connectivity index (χ3n) is 4.34. The van der Waals surface area contributed by atoms with Crippen LogP contribution >= 0.6 is 0 Å². The molecule has 2 aliphatic rings. The van der Waals surface area contributed by atoms with Crippen LogP contribution in [0.5, 0.6) is 0 Å². The maximum Gasteiger partial charge on any atom is 0.421 e. The molecule has 2 saturated heterocycles. The Hall–Kier alpha value is -1.92. The third kappa shape index (κ3) is 5.11. The van der Waals surface area contributed by atoms with Gasteiger partial charge in [0.15, 0.2) is 0 Å². The zero-order chi connectivity index (χ0) is 21.5. The predicted molar refractivity (Wildman–Crippen MR) is 95.5 cm³/mol. The Morgan fingerprint density at radius 2 is 1.79 bits per heavy atom. The Kier molecular flexibility index (Phi) is 5.98. The number of ether oxygens (including phenoxy) is 1. The summed E-state index contributed by atoms with van der Waals surface area (Å²) in [5, 5.41) is 0.679. The van der Waals surface area contributed by atoms with Gasteiger partial charge in [0.05, 0.1) is 18.1 Å². The van der Waals surface area contributed by atoms with Crippen LogP contribution in [0.25, 0.3) is 0 Å². The van der Waals surface area contributed by atoms with Gasteiger partial charge in [0.25, 0.3) is 0 Å². The minimum atomic E-state index is -4.63. The zero-order valence-electron chi connectivity index (χ0n) is 16.6. The van der Waals surface area contributed by atoms with Crippen LogP contribution in [0.4, 0.5) is 4.79 Å². The number of carbonyl (C=O) groups excluding carboxylic acids is 3. The van der Waals surface area contributed by atoms with Gasteiger partial charge < -0.3 is 15.4 Å². The van der Waals surface area contributed by atoms with Gasteiger partial charge in [0.1, 0.15) is 11.6 Å².